The second kappa shape index (κ2) is 6.52. The van der Waals surface area contributed by atoms with E-state index < -0.39 is 0 Å². The second-order valence-corrected chi connectivity index (χ2v) is 7.01. The van der Waals surface area contributed by atoms with Crippen molar-refractivity contribution in [3.63, 3.8) is 0 Å². The molecule has 0 atom stereocenters. The quantitative estimate of drug-likeness (QED) is 0.931. The first-order chi connectivity index (χ1) is 11.4. The number of thiazole rings is 1. The van der Waals surface area contributed by atoms with E-state index in [-0.39, 0.29) is 18.2 Å². The molecule has 0 saturated heterocycles. The van der Waals surface area contributed by atoms with E-state index >= 15 is 0 Å². The van der Waals surface area contributed by atoms with Gasteiger partial charge in [0.1, 0.15) is 5.71 Å². The average molecular weight is 342 g/mol. The van der Waals surface area contributed by atoms with Crippen molar-refractivity contribution in [2.24, 2.45) is 5.10 Å². The van der Waals surface area contributed by atoms with Gasteiger partial charge in [0.05, 0.1) is 5.69 Å². The summed E-state index contributed by atoms with van der Waals surface area (Å²) in [5.74, 6) is -0.419. The van der Waals surface area contributed by atoms with Crippen LogP contribution in [-0.4, -0.2) is 22.5 Å². The van der Waals surface area contributed by atoms with Gasteiger partial charge in [0.2, 0.25) is 5.91 Å². The minimum atomic E-state index is -0.313. The lowest BCUT2D eigenvalue weighted by atomic mass is 10.1. The molecule has 0 saturated carbocycles. The van der Waals surface area contributed by atoms with Crippen molar-refractivity contribution < 1.29 is 9.59 Å². The number of hydrazone groups is 1. The van der Waals surface area contributed by atoms with E-state index in [1.807, 2.05) is 39.0 Å². The van der Waals surface area contributed by atoms with Crippen LogP contribution in [0.1, 0.15) is 28.8 Å². The van der Waals surface area contributed by atoms with Crippen LogP contribution < -0.4 is 10.3 Å². The number of rotatable bonds is 3. The number of aromatic nitrogens is 1. The Hall–Kier alpha value is -2.54. The largest absolute Gasteiger partial charge is 0.297 e. The van der Waals surface area contributed by atoms with Crippen molar-refractivity contribution in [3.05, 3.63) is 40.4 Å². The molecule has 3 rings (SSSR count). The van der Waals surface area contributed by atoms with Crippen LogP contribution in [0, 0.1) is 20.8 Å². The molecule has 6 nitrogen and oxygen atoms in total. The predicted octanol–water partition coefficient (Wildman–Crippen LogP) is 3.19. The van der Waals surface area contributed by atoms with E-state index in [1.165, 1.54) is 16.3 Å². The van der Waals surface area contributed by atoms with Crippen molar-refractivity contribution in [1.82, 2.24) is 4.98 Å². The lowest BCUT2D eigenvalue weighted by molar-refractivity contribution is -0.118. The summed E-state index contributed by atoms with van der Waals surface area (Å²) in [5, 5.41) is 8.93. The zero-order valence-corrected chi connectivity index (χ0v) is 14.6. The molecule has 1 aliphatic heterocycles. The molecule has 7 heteroatoms. The highest BCUT2D eigenvalue weighted by Crippen LogP contribution is 2.26. The first-order valence-corrected chi connectivity index (χ1v) is 8.47. The highest BCUT2D eigenvalue weighted by molar-refractivity contribution is 7.15. The van der Waals surface area contributed by atoms with Crippen LogP contribution in [0.3, 0.4) is 0 Å². The van der Waals surface area contributed by atoms with Crippen molar-refractivity contribution in [2.75, 3.05) is 10.3 Å². The van der Waals surface area contributed by atoms with Crippen LogP contribution >= 0.6 is 11.3 Å². The summed E-state index contributed by atoms with van der Waals surface area (Å²) in [7, 11) is 0. The smallest absolute Gasteiger partial charge is 0.273 e. The average Bonchev–Trinajstić information content (AvgIpc) is 2.95. The third-order valence-electron chi connectivity index (χ3n) is 3.73. The molecule has 0 bridgehead atoms. The Bertz CT molecular complexity index is 841. The number of carbonyl (C=O) groups excluding carboxylic acids is 2. The van der Waals surface area contributed by atoms with Crippen molar-refractivity contribution in [2.45, 2.75) is 33.6 Å². The lowest BCUT2D eigenvalue weighted by Crippen LogP contribution is -2.36. The van der Waals surface area contributed by atoms with Crippen LogP contribution in [0.15, 0.2) is 29.5 Å². The van der Waals surface area contributed by atoms with E-state index in [2.05, 4.69) is 15.4 Å². The summed E-state index contributed by atoms with van der Waals surface area (Å²) >= 11 is 1.40. The van der Waals surface area contributed by atoms with E-state index in [4.69, 9.17) is 0 Å². The van der Waals surface area contributed by atoms with Gasteiger partial charge in [-0.1, -0.05) is 12.1 Å². The van der Waals surface area contributed by atoms with Gasteiger partial charge in [-0.25, -0.2) is 9.99 Å². The molecule has 24 heavy (non-hydrogen) atoms. The Morgan fingerprint density at radius 1 is 1.25 bits per heavy atom. The minimum absolute atomic E-state index is 0.106. The maximum atomic E-state index is 12.4. The number of nitrogens with zero attached hydrogens (tertiary/aromatic N) is 3. The normalized spacial score (nSPS) is 14.5. The third kappa shape index (κ3) is 3.35. The number of hydrogen-bond donors (Lipinski definition) is 1. The maximum absolute atomic E-state index is 12.4. The summed E-state index contributed by atoms with van der Waals surface area (Å²) in [6, 6.07) is 5.83. The van der Waals surface area contributed by atoms with Gasteiger partial charge in [-0.05, 0) is 38.0 Å². The molecule has 1 aromatic carbocycles. The third-order valence-corrected chi connectivity index (χ3v) is 4.56. The van der Waals surface area contributed by atoms with Gasteiger partial charge in [-0.15, -0.1) is 11.3 Å². The highest BCUT2D eigenvalue weighted by atomic mass is 32.1. The molecule has 2 heterocycles. The molecule has 1 N–H and O–H groups in total. The standard InChI is InChI=1S/C17H18N4O2S/c1-10-4-5-11(2)14(8-10)21-15(22)7-6-13(20-21)16(23)19-17-18-9-12(3)24-17/h4-5,8-9H,6-7H2,1-3H3,(H,18,19,23). The Morgan fingerprint density at radius 2 is 2.04 bits per heavy atom. The maximum Gasteiger partial charge on any atom is 0.273 e. The summed E-state index contributed by atoms with van der Waals surface area (Å²) < 4.78 is 0. The summed E-state index contributed by atoms with van der Waals surface area (Å²) in [6.07, 6.45) is 2.29. The number of carbonyl (C=O) groups is 2. The monoisotopic (exact) mass is 342 g/mol. The Morgan fingerprint density at radius 3 is 2.75 bits per heavy atom. The zero-order valence-electron chi connectivity index (χ0n) is 13.8. The molecule has 1 aromatic heterocycles. The van der Waals surface area contributed by atoms with Gasteiger partial charge in [-0.2, -0.15) is 5.10 Å². The fourth-order valence-corrected chi connectivity index (χ4v) is 3.09. The van der Waals surface area contributed by atoms with Crippen molar-refractivity contribution in [3.8, 4) is 0 Å². The summed E-state index contributed by atoms with van der Waals surface area (Å²) in [6.45, 7) is 5.80. The Kier molecular flexibility index (Phi) is 4.44. The van der Waals surface area contributed by atoms with Gasteiger partial charge < -0.3 is 0 Å². The minimum Gasteiger partial charge on any atom is -0.297 e. The van der Waals surface area contributed by atoms with Gasteiger partial charge in [-0.3, -0.25) is 14.9 Å². The molecule has 2 amide bonds. The van der Waals surface area contributed by atoms with E-state index in [0.29, 0.717) is 17.3 Å². The lowest BCUT2D eigenvalue weighted by Gasteiger charge is -2.24. The fourth-order valence-electron chi connectivity index (χ4n) is 2.43. The van der Waals surface area contributed by atoms with Gasteiger partial charge in [0.25, 0.3) is 5.91 Å². The number of benzene rings is 1. The summed E-state index contributed by atoms with van der Waals surface area (Å²) in [4.78, 5) is 29.8. The van der Waals surface area contributed by atoms with Crippen LogP contribution in [0.25, 0.3) is 0 Å². The molecule has 124 valence electrons. The molecular weight excluding hydrogens is 324 g/mol. The van der Waals surface area contributed by atoms with Gasteiger partial charge >= 0.3 is 0 Å². The number of amides is 2. The van der Waals surface area contributed by atoms with Crippen LogP contribution in [0.5, 0.6) is 0 Å². The van der Waals surface area contributed by atoms with Crippen LogP contribution in [0.4, 0.5) is 10.8 Å². The molecule has 0 radical (unpaired) electrons. The molecule has 2 aromatic rings. The molecule has 0 unspecified atom stereocenters. The first kappa shape index (κ1) is 16.3. The van der Waals surface area contributed by atoms with E-state index in [9.17, 15) is 9.59 Å². The molecule has 0 fully saturated rings. The highest BCUT2D eigenvalue weighted by Gasteiger charge is 2.26. The molecular formula is C17H18N4O2S. The van der Waals surface area contributed by atoms with E-state index in [0.717, 1.165) is 21.7 Å². The number of aryl methyl sites for hydroxylation is 3. The fraction of sp³-hybridized carbons (Fsp3) is 0.294. The Balaban J connectivity index is 1.87. The zero-order chi connectivity index (χ0) is 17.3. The second-order valence-electron chi connectivity index (χ2n) is 5.77. The van der Waals surface area contributed by atoms with Crippen molar-refractivity contribution in [1.29, 1.82) is 0 Å². The Labute approximate surface area is 144 Å². The van der Waals surface area contributed by atoms with Crippen LogP contribution in [-0.2, 0) is 9.59 Å². The van der Waals surface area contributed by atoms with E-state index in [1.54, 1.807) is 6.20 Å². The van der Waals surface area contributed by atoms with Gasteiger partial charge in [0.15, 0.2) is 5.13 Å². The molecule has 0 aliphatic carbocycles. The number of nitrogens with one attached hydrogen (secondary N) is 1. The molecule has 1 aliphatic rings. The SMILES string of the molecule is Cc1ccc(C)c(N2N=C(C(=O)Nc3ncc(C)s3)CCC2=O)c1. The number of anilines is 2. The molecule has 0 spiro atoms. The van der Waals surface area contributed by atoms with Crippen LogP contribution in [0.2, 0.25) is 0 Å². The first-order valence-electron chi connectivity index (χ1n) is 7.65. The summed E-state index contributed by atoms with van der Waals surface area (Å²) in [5.41, 5.74) is 3.03. The topological polar surface area (TPSA) is 74.7 Å². The van der Waals surface area contributed by atoms with Crippen molar-refractivity contribution >= 4 is 39.7 Å². The predicted molar refractivity (Wildman–Crippen MR) is 95.6 cm³/mol. The van der Waals surface area contributed by atoms with Gasteiger partial charge in [0, 0.05) is 23.9 Å². The number of hydrogen-bond acceptors (Lipinski definition) is 5.